The van der Waals surface area contributed by atoms with Gasteiger partial charge in [0.2, 0.25) is 5.91 Å². The zero-order valence-electron chi connectivity index (χ0n) is 13.4. The first kappa shape index (κ1) is 14.7. The maximum atomic E-state index is 12.4. The molecule has 2 aromatic carbocycles. The Morgan fingerprint density at radius 2 is 1.92 bits per heavy atom. The van der Waals surface area contributed by atoms with E-state index < -0.39 is 0 Å². The van der Waals surface area contributed by atoms with Crippen LogP contribution in [0.5, 0.6) is 0 Å². The van der Waals surface area contributed by atoms with Gasteiger partial charge in [0.1, 0.15) is 0 Å². The average molecular weight is 317 g/mol. The second-order valence-electron chi connectivity index (χ2n) is 6.16. The molecule has 0 spiro atoms. The van der Waals surface area contributed by atoms with Gasteiger partial charge in [-0.2, -0.15) is 5.10 Å². The number of para-hydroxylation sites is 1. The Kier molecular flexibility index (Phi) is 3.87. The lowest BCUT2D eigenvalue weighted by atomic mass is 10.1. The zero-order valence-corrected chi connectivity index (χ0v) is 13.4. The topological polar surface area (TPSA) is 46.9 Å². The molecule has 1 atom stereocenters. The van der Waals surface area contributed by atoms with Crippen LogP contribution in [0.3, 0.4) is 0 Å². The van der Waals surface area contributed by atoms with Gasteiger partial charge in [-0.3, -0.25) is 4.79 Å². The summed E-state index contributed by atoms with van der Waals surface area (Å²) in [4.78, 5) is 12.4. The van der Waals surface area contributed by atoms with Crippen molar-refractivity contribution in [2.45, 2.75) is 25.3 Å². The molecule has 1 aliphatic carbocycles. The van der Waals surface area contributed by atoms with Crippen LogP contribution < -0.4 is 5.32 Å². The van der Waals surface area contributed by atoms with Gasteiger partial charge in [0.25, 0.3) is 0 Å². The molecule has 1 heterocycles. The van der Waals surface area contributed by atoms with E-state index in [9.17, 15) is 4.79 Å². The molecule has 1 unspecified atom stereocenters. The molecule has 1 amide bonds. The lowest BCUT2D eigenvalue weighted by molar-refractivity contribution is -0.121. The molecule has 0 fully saturated rings. The van der Waals surface area contributed by atoms with Crippen molar-refractivity contribution in [3.05, 3.63) is 83.7 Å². The average Bonchev–Trinajstić information content (AvgIpc) is 3.23. The van der Waals surface area contributed by atoms with Crippen molar-refractivity contribution in [3.8, 4) is 5.69 Å². The monoisotopic (exact) mass is 317 g/mol. The maximum absolute atomic E-state index is 12.4. The number of hydrogen-bond donors (Lipinski definition) is 1. The summed E-state index contributed by atoms with van der Waals surface area (Å²) in [6.45, 7) is 0. The Labute approximate surface area is 141 Å². The van der Waals surface area contributed by atoms with Crippen molar-refractivity contribution in [2.24, 2.45) is 0 Å². The molecule has 4 heteroatoms. The molecule has 1 N–H and O–H groups in total. The zero-order chi connectivity index (χ0) is 16.4. The minimum absolute atomic E-state index is 0.0457. The molecule has 3 aromatic rings. The number of aromatic nitrogens is 2. The van der Waals surface area contributed by atoms with Gasteiger partial charge >= 0.3 is 0 Å². The molecule has 1 aromatic heterocycles. The third kappa shape index (κ3) is 2.95. The molecule has 0 aliphatic heterocycles. The Hall–Kier alpha value is -2.88. The second-order valence-corrected chi connectivity index (χ2v) is 6.16. The maximum Gasteiger partial charge on any atom is 0.225 e. The molecule has 120 valence electrons. The summed E-state index contributed by atoms with van der Waals surface area (Å²) in [7, 11) is 0. The third-order valence-corrected chi connectivity index (χ3v) is 4.49. The van der Waals surface area contributed by atoms with Gasteiger partial charge in [-0.25, -0.2) is 4.68 Å². The van der Waals surface area contributed by atoms with Crippen molar-refractivity contribution >= 4 is 5.91 Å². The van der Waals surface area contributed by atoms with Crippen molar-refractivity contribution in [3.63, 3.8) is 0 Å². The number of aryl methyl sites for hydroxylation is 1. The molecule has 0 saturated heterocycles. The number of hydrogen-bond acceptors (Lipinski definition) is 2. The number of fused-ring (bicyclic) bond motifs is 1. The van der Waals surface area contributed by atoms with Crippen LogP contribution in [0, 0.1) is 0 Å². The second kappa shape index (κ2) is 6.32. The highest BCUT2D eigenvalue weighted by Crippen LogP contribution is 2.30. The normalized spacial score (nSPS) is 15.9. The number of nitrogens with zero attached hydrogens (tertiary/aromatic N) is 2. The standard InChI is InChI=1S/C20H19N3O/c24-20(22-19-11-10-16-6-4-5-9-18(16)19)12-15-13-21-23(14-15)17-7-2-1-3-8-17/h1-9,13-14,19H,10-12H2,(H,22,24). The van der Waals surface area contributed by atoms with E-state index in [1.807, 2.05) is 42.6 Å². The van der Waals surface area contributed by atoms with Crippen LogP contribution in [0.25, 0.3) is 5.69 Å². The van der Waals surface area contributed by atoms with E-state index in [-0.39, 0.29) is 11.9 Å². The number of nitrogens with one attached hydrogen (secondary N) is 1. The van der Waals surface area contributed by atoms with Gasteiger partial charge in [0, 0.05) is 6.20 Å². The summed E-state index contributed by atoms with van der Waals surface area (Å²) in [6.07, 6.45) is 6.04. The van der Waals surface area contributed by atoms with Crippen LogP contribution in [-0.2, 0) is 17.6 Å². The van der Waals surface area contributed by atoms with E-state index in [0.717, 1.165) is 24.1 Å². The summed E-state index contributed by atoms with van der Waals surface area (Å²) in [6, 6.07) is 18.4. The Morgan fingerprint density at radius 3 is 2.79 bits per heavy atom. The van der Waals surface area contributed by atoms with Gasteiger partial charge in [0.15, 0.2) is 0 Å². The predicted molar refractivity (Wildman–Crippen MR) is 92.9 cm³/mol. The lowest BCUT2D eigenvalue weighted by Crippen LogP contribution is -2.28. The van der Waals surface area contributed by atoms with Crippen LogP contribution in [0.4, 0.5) is 0 Å². The summed E-state index contributed by atoms with van der Waals surface area (Å²) < 4.78 is 1.80. The summed E-state index contributed by atoms with van der Waals surface area (Å²) in [5, 5.41) is 7.50. The number of carbonyl (C=O) groups excluding carboxylic acids is 1. The van der Waals surface area contributed by atoms with Gasteiger partial charge in [-0.15, -0.1) is 0 Å². The molecular weight excluding hydrogens is 298 g/mol. The van der Waals surface area contributed by atoms with Gasteiger partial charge < -0.3 is 5.32 Å². The molecule has 4 nitrogen and oxygen atoms in total. The van der Waals surface area contributed by atoms with E-state index in [0.29, 0.717) is 6.42 Å². The van der Waals surface area contributed by atoms with E-state index in [2.05, 4.69) is 28.6 Å². The summed E-state index contributed by atoms with van der Waals surface area (Å²) in [5.41, 5.74) is 4.52. The van der Waals surface area contributed by atoms with E-state index in [1.165, 1.54) is 11.1 Å². The minimum atomic E-state index is 0.0457. The highest BCUT2D eigenvalue weighted by molar-refractivity contribution is 5.79. The van der Waals surface area contributed by atoms with Gasteiger partial charge in [-0.05, 0) is 41.7 Å². The number of benzene rings is 2. The SMILES string of the molecule is O=C(Cc1cnn(-c2ccccc2)c1)NC1CCc2ccccc21. The van der Waals surface area contributed by atoms with Crippen molar-refractivity contribution in [1.29, 1.82) is 0 Å². The van der Waals surface area contributed by atoms with Crippen LogP contribution in [0.1, 0.15) is 29.2 Å². The smallest absolute Gasteiger partial charge is 0.225 e. The van der Waals surface area contributed by atoms with Crippen molar-refractivity contribution < 1.29 is 4.79 Å². The first-order valence-electron chi connectivity index (χ1n) is 8.26. The van der Waals surface area contributed by atoms with E-state index >= 15 is 0 Å². The summed E-state index contributed by atoms with van der Waals surface area (Å²) in [5.74, 6) is 0.0457. The number of carbonyl (C=O) groups is 1. The molecule has 0 bridgehead atoms. The van der Waals surface area contributed by atoms with Crippen LogP contribution in [0.2, 0.25) is 0 Å². The summed E-state index contributed by atoms with van der Waals surface area (Å²) >= 11 is 0. The predicted octanol–water partition coefficient (Wildman–Crippen LogP) is 3.22. The molecule has 24 heavy (non-hydrogen) atoms. The molecule has 0 radical (unpaired) electrons. The van der Waals surface area contributed by atoms with Gasteiger partial charge in [-0.1, -0.05) is 42.5 Å². The van der Waals surface area contributed by atoms with Crippen LogP contribution >= 0.6 is 0 Å². The fourth-order valence-electron chi connectivity index (χ4n) is 3.31. The minimum Gasteiger partial charge on any atom is -0.349 e. The Morgan fingerprint density at radius 1 is 1.12 bits per heavy atom. The molecule has 0 saturated carbocycles. The molecular formula is C20H19N3O. The van der Waals surface area contributed by atoms with Gasteiger partial charge in [0.05, 0.1) is 24.3 Å². The Balaban J connectivity index is 1.42. The third-order valence-electron chi connectivity index (χ3n) is 4.49. The number of rotatable bonds is 4. The van der Waals surface area contributed by atoms with E-state index in [1.54, 1.807) is 10.9 Å². The largest absolute Gasteiger partial charge is 0.349 e. The highest BCUT2D eigenvalue weighted by Gasteiger charge is 2.23. The van der Waals surface area contributed by atoms with Crippen molar-refractivity contribution in [2.75, 3.05) is 0 Å². The first-order chi connectivity index (χ1) is 11.8. The highest BCUT2D eigenvalue weighted by atomic mass is 16.1. The fraction of sp³-hybridized carbons (Fsp3) is 0.200. The van der Waals surface area contributed by atoms with Crippen molar-refractivity contribution in [1.82, 2.24) is 15.1 Å². The molecule has 1 aliphatic rings. The van der Waals surface area contributed by atoms with Crippen LogP contribution in [0.15, 0.2) is 67.0 Å². The molecule has 4 rings (SSSR count). The van der Waals surface area contributed by atoms with E-state index in [4.69, 9.17) is 0 Å². The van der Waals surface area contributed by atoms with Crippen LogP contribution in [-0.4, -0.2) is 15.7 Å². The fourth-order valence-corrected chi connectivity index (χ4v) is 3.31. The lowest BCUT2D eigenvalue weighted by Gasteiger charge is -2.13. The first-order valence-corrected chi connectivity index (χ1v) is 8.26. The number of amides is 1. The quantitative estimate of drug-likeness (QED) is 0.803. The Bertz CT molecular complexity index is 854.